The molecule has 2 aliphatic heterocycles. The van der Waals surface area contributed by atoms with Crippen molar-refractivity contribution in [2.24, 2.45) is 0 Å². The van der Waals surface area contributed by atoms with Crippen LogP contribution in [0.5, 0.6) is 28.9 Å². The highest BCUT2D eigenvalue weighted by Crippen LogP contribution is 2.41. The number of rotatable bonds is 14. The van der Waals surface area contributed by atoms with E-state index in [-0.39, 0.29) is 33.1 Å². The first-order chi connectivity index (χ1) is 25.3. The molecule has 0 unspecified atom stereocenters. The third-order valence-electron chi connectivity index (χ3n) is 8.91. The fourth-order valence-corrected chi connectivity index (χ4v) is 6.47. The van der Waals surface area contributed by atoms with Crippen molar-refractivity contribution in [1.82, 2.24) is 25.1 Å². The number of ether oxygens (including phenoxy) is 4. The first kappa shape index (κ1) is 37.2. The average molecular weight is 752 g/mol. The van der Waals surface area contributed by atoms with Crippen LogP contribution in [-0.4, -0.2) is 112 Å². The summed E-state index contributed by atoms with van der Waals surface area (Å²) in [7, 11) is 5.30. The molecule has 0 bridgehead atoms. The molecule has 15 heteroatoms. The van der Waals surface area contributed by atoms with E-state index in [1.54, 1.807) is 44.6 Å². The number of piperazine rings is 2. The van der Waals surface area contributed by atoms with Gasteiger partial charge in [0.15, 0.2) is 11.5 Å². The van der Waals surface area contributed by atoms with Gasteiger partial charge < -0.3 is 49.6 Å². The number of carbonyl (C=O) groups excluding carboxylic acids is 1. The zero-order valence-corrected chi connectivity index (χ0v) is 31.1. The van der Waals surface area contributed by atoms with Crippen LogP contribution in [0, 0.1) is 0 Å². The fourth-order valence-electron chi connectivity index (χ4n) is 5.98. The van der Waals surface area contributed by atoms with E-state index in [2.05, 4.69) is 47.7 Å². The molecule has 0 saturated carbocycles. The molecule has 0 spiro atoms. The van der Waals surface area contributed by atoms with Crippen molar-refractivity contribution >= 4 is 52.1 Å². The van der Waals surface area contributed by atoms with E-state index in [4.69, 9.17) is 42.1 Å². The summed E-state index contributed by atoms with van der Waals surface area (Å²) in [5.41, 5.74) is 1.99. The molecule has 13 nitrogen and oxygen atoms in total. The molecule has 3 heterocycles. The highest BCUT2D eigenvalue weighted by atomic mass is 35.5. The van der Waals surface area contributed by atoms with E-state index in [1.165, 1.54) is 6.20 Å². The number of methoxy groups -OCH3 is 2. The molecular formula is C37H44Cl2N8O5. The number of amides is 1. The van der Waals surface area contributed by atoms with Crippen molar-refractivity contribution in [3.63, 3.8) is 0 Å². The topological polar surface area (TPSA) is 126 Å². The highest BCUT2D eigenvalue weighted by molar-refractivity contribution is 6.40. The molecule has 1 amide bonds. The zero-order chi connectivity index (χ0) is 36.5. The minimum absolute atomic E-state index is 0.0207. The minimum Gasteiger partial charge on any atom is -0.493 e. The lowest BCUT2D eigenvalue weighted by Crippen LogP contribution is -2.44. The Labute approximate surface area is 314 Å². The second-order valence-electron chi connectivity index (χ2n) is 12.5. The Morgan fingerprint density at radius 1 is 0.923 bits per heavy atom. The summed E-state index contributed by atoms with van der Waals surface area (Å²) in [6.45, 7) is 9.41. The van der Waals surface area contributed by atoms with E-state index in [0.29, 0.717) is 35.3 Å². The smallest absolute Gasteiger partial charge is 0.262 e. The Kier molecular flexibility index (Phi) is 12.7. The SMILES string of the molecule is COc1cc(Nc2ncc(C(=O)Nc3c(Cl)cccc3Cl)c(Oc3ccc(N4CCNCC4)cc3)n2)cc(OC)c1OCCCN1CCN(C)CC1. The first-order valence-electron chi connectivity index (χ1n) is 17.2. The third kappa shape index (κ3) is 9.46. The largest absolute Gasteiger partial charge is 0.493 e. The maximum absolute atomic E-state index is 13.6. The Bertz CT molecular complexity index is 1770. The standard InChI is InChI=1S/C37H44Cl2N8O5/c1-45-17-19-46(20-18-45)14-5-21-51-34-31(49-2)22-25(23-32(34)50-3)42-37-41-24-28(35(48)43-33-29(38)6-4-7-30(33)39)36(44-37)52-27-10-8-26(9-11-27)47-15-12-40-13-16-47/h4,6-11,22-24,40H,5,12-21H2,1-3H3,(H,43,48)(H,41,42,44). The summed E-state index contributed by atoms with van der Waals surface area (Å²) in [6.07, 6.45) is 2.25. The van der Waals surface area contributed by atoms with Gasteiger partial charge in [0.25, 0.3) is 5.91 Å². The summed E-state index contributed by atoms with van der Waals surface area (Å²) in [5, 5.41) is 9.91. The lowest BCUT2D eigenvalue weighted by Gasteiger charge is -2.32. The molecular weight excluding hydrogens is 707 g/mol. The van der Waals surface area contributed by atoms with E-state index >= 15 is 0 Å². The van der Waals surface area contributed by atoms with Gasteiger partial charge in [0.05, 0.1) is 36.6 Å². The number of hydrogen-bond donors (Lipinski definition) is 3. The molecule has 0 atom stereocenters. The second-order valence-corrected chi connectivity index (χ2v) is 13.3. The van der Waals surface area contributed by atoms with Gasteiger partial charge in [-0.3, -0.25) is 4.79 Å². The summed E-state index contributed by atoms with van der Waals surface area (Å²) in [6, 6.07) is 16.2. The molecule has 1 aromatic heterocycles. The van der Waals surface area contributed by atoms with Crippen LogP contribution in [0.25, 0.3) is 0 Å². The van der Waals surface area contributed by atoms with Crippen LogP contribution in [0.3, 0.4) is 0 Å². The van der Waals surface area contributed by atoms with Gasteiger partial charge in [-0.2, -0.15) is 4.98 Å². The van der Waals surface area contributed by atoms with Crippen LogP contribution >= 0.6 is 23.2 Å². The van der Waals surface area contributed by atoms with Crippen LogP contribution in [0.4, 0.5) is 23.0 Å². The number of nitrogens with zero attached hydrogens (tertiary/aromatic N) is 5. The van der Waals surface area contributed by atoms with E-state index in [0.717, 1.165) is 71.0 Å². The first-order valence-corrected chi connectivity index (χ1v) is 18.0. The van der Waals surface area contributed by atoms with Gasteiger partial charge in [-0.05, 0) is 49.9 Å². The molecule has 2 fully saturated rings. The Balaban J connectivity index is 1.21. The van der Waals surface area contributed by atoms with Gasteiger partial charge in [-0.25, -0.2) is 4.98 Å². The summed E-state index contributed by atoms with van der Waals surface area (Å²) >= 11 is 12.7. The molecule has 3 N–H and O–H groups in total. The second kappa shape index (κ2) is 17.8. The van der Waals surface area contributed by atoms with Crippen molar-refractivity contribution in [2.75, 3.05) is 102 Å². The van der Waals surface area contributed by atoms with Gasteiger partial charge in [0, 0.05) is 88.6 Å². The van der Waals surface area contributed by atoms with E-state index < -0.39 is 5.91 Å². The molecule has 4 aromatic rings. The number of nitrogens with one attached hydrogen (secondary N) is 3. The molecule has 52 heavy (non-hydrogen) atoms. The molecule has 276 valence electrons. The molecule has 2 saturated heterocycles. The Morgan fingerprint density at radius 2 is 1.60 bits per heavy atom. The number of aromatic nitrogens is 2. The molecule has 2 aliphatic rings. The number of carbonyl (C=O) groups is 1. The van der Waals surface area contributed by atoms with Crippen molar-refractivity contribution in [3.05, 3.63) is 76.4 Å². The number of hydrogen-bond acceptors (Lipinski definition) is 12. The van der Waals surface area contributed by atoms with E-state index in [1.807, 2.05) is 24.3 Å². The summed E-state index contributed by atoms with van der Waals surface area (Å²) in [4.78, 5) is 29.7. The molecule has 0 aliphatic carbocycles. The van der Waals surface area contributed by atoms with Crippen molar-refractivity contribution in [2.45, 2.75) is 6.42 Å². The van der Waals surface area contributed by atoms with Crippen LogP contribution in [0.1, 0.15) is 16.8 Å². The Hall–Kier alpha value is -4.53. The number of halogens is 2. The highest BCUT2D eigenvalue weighted by Gasteiger charge is 2.22. The zero-order valence-electron chi connectivity index (χ0n) is 29.6. The lowest BCUT2D eigenvalue weighted by atomic mass is 10.2. The number of likely N-dealkylation sites (N-methyl/N-ethyl adjacent to an activating group) is 1. The maximum Gasteiger partial charge on any atom is 0.262 e. The van der Waals surface area contributed by atoms with Crippen LogP contribution in [-0.2, 0) is 0 Å². The summed E-state index contributed by atoms with van der Waals surface area (Å²) in [5.74, 6) is 1.60. The fraction of sp³-hybridized carbons (Fsp3) is 0.378. The van der Waals surface area contributed by atoms with E-state index in [9.17, 15) is 4.79 Å². The normalized spacial score (nSPS) is 15.2. The van der Waals surface area contributed by atoms with Gasteiger partial charge >= 0.3 is 0 Å². The minimum atomic E-state index is -0.550. The number of para-hydroxylation sites is 1. The van der Waals surface area contributed by atoms with Crippen molar-refractivity contribution in [3.8, 4) is 28.9 Å². The number of anilines is 4. The van der Waals surface area contributed by atoms with Gasteiger partial charge in [0.1, 0.15) is 11.3 Å². The predicted molar refractivity (Wildman–Crippen MR) is 205 cm³/mol. The van der Waals surface area contributed by atoms with Crippen LogP contribution < -0.4 is 39.8 Å². The number of benzene rings is 3. The summed E-state index contributed by atoms with van der Waals surface area (Å²) < 4.78 is 23.8. The monoisotopic (exact) mass is 750 g/mol. The van der Waals surface area contributed by atoms with Crippen molar-refractivity contribution in [1.29, 1.82) is 0 Å². The molecule has 0 radical (unpaired) electrons. The van der Waals surface area contributed by atoms with Gasteiger partial charge in [-0.15, -0.1) is 0 Å². The van der Waals surface area contributed by atoms with Crippen LogP contribution in [0.15, 0.2) is 60.8 Å². The maximum atomic E-state index is 13.6. The molecule has 3 aromatic carbocycles. The van der Waals surface area contributed by atoms with Gasteiger partial charge in [0.2, 0.25) is 17.6 Å². The third-order valence-corrected chi connectivity index (χ3v) is 9.54. The van der Waals surface area contributed by atoms with Crippen LogP contribution in [0.2, 0.25) is 10.0 Å². The Morgan fingerprint density at radius 3 is 2.25 bits per heavy atom. The van der Waals surface area contributed by atoms with Gasteiger partial charge in [-0.1, -0.05) is 29.3 Å². The quantitative estimate of drug-likeness (QED) is 0.131. The molecule has 6 rings (SSSR count). The van der Waals surface area contributed by atoms with Crippen molar-refractivity contribution < 1.29 is 23.7 Å². The predicted octanol–water partition coefficient (Wildman–Crippen LogP) is 6.01. The lowest BCUT2D eigenvalue weighted by molar-refractivity contribution is 0.102. The average Bonchev–Trinajstić information content (AvgIpc) is 3.16.